The van der Waals surface area contributed by atoms with Gasteiger partial charge in [0.2, 0.25) is 0 Å². The third-order valence-corrected chi connectivity index (χ3v) is 2.64. The Bertz CT molecular complexity index is 385. The van der Waals surface area contributed by atoms with Gasteiger partial charge >= 0.3 is 5.97 Å². The van der Waals surface area contributed by atoms with Crippen molar-refractivity contribution in [1.29, 1.82) is 0 Å². The van der Waals surface area contributed by atoms with E-state index < -0.39 is 5.41 Å². The molecular weight excluding hydrogens is 230 g/mol. The van der Waals surface area contributed by atoms with E-state index in [0.717, 1.165) is 12.3 Å². The van der Waals surface area contributed by atoms with E-state index in [1.165, 1.54) is 12.7 Å². The Morgan fingerprint density at radius 1 is 1.28 bits per heavy atom. The zero-order valence-corrected chi connectivity index (χ0v) is 11.4. The Morgan fingerprint density at radius 2 is 1.89 bits per heavy atom. The molecule has 0 radical (unpaired) electrons. The first kappa shape index (κ1) is 14.5. The second kappa shape index (κ2) is 6.40. The molecule has 0 aliphatic carbocycles. The highest BCUT2D eigenvalue weighted by atomic mass is 16.5. The van der Waals surface area contributed by atoms with Crippen molar-refractivity contribution in [2.24, 2.45) is 5.41 Å². The molecule has 0 aromatic heterocycles. The van der Waals surface area contributed by atoms with E-state index in [1.54, 1.807) is 13.8 Å². The fourth-order valence-electron chi connectivity index (χ4n) is 1.51. The summed E-state index contributed by atoms with van der Waals surface area (Å²) in [6, 6.07) is 7.80. The van der Waals surface area contributed by atoms with Crippen LogP contribution in [0.5, 0.6) is 5.75 Å². The van der Waals surface area contributed by atoms with Crippen LogP contribution in [0.4, 0.5) is 0 Å². The van der Waals surface area contributed by atoms with Gasteiger partial charge in [-0.05, 0) is 38.6 Å². The molecule has 1 N–H and O–H groups in total. The van der Waals surface area contributed by atoms with E-state index in [2.05, 4.69) is 5.32 Å². The van der Waals surface area contributed by atoms with Crippen molar-refractivity contribution in [3.63, 3.8) is 0 Å². The number of ether oxygens (including phenoxy) is 2. The van der Waals surface area contributed by atoms with Crippen molar-refractivity contribution < 1.29 is 14.3 Å². The summed E-state index contributed by atoms with van der Waals surface area (Å²) in [4.78, 5) is 11.5. The molecular formula is C14H21NO3. The molecule has 0 amide bonds. The minimum atomic E-state index is -0.640. The molecule has 0 fully saturated rings. The predicted octanol–water partition coefficient (Wildman–Crippen LogP) is 1.98. The Labute approximate surface area is 108 Å². The van der Waals surface area contributed by atoms with Crippen molar-refractivity contribution in [2.75, 3.05) is 20.8 Å². The molecule has 4 heteroatoms. The van der Waals surface area contributed by atoms with Crippen molar-refractivity contribution in [3.05, 3.63) is 29.8 Å². The normalized spacial score (nSPS) is 11.1. The monoisotopic (exact) mass is 251 g/mol. The summed E-state index contributed by atoms with van der Waals surface area (Å²) < 4.78 is 10.3. The average Bonchev–Trinajstić information content (AvgIpc) is 2.37. The second-order valence-corrected chi connectivity index (χ2v) is 4.84. The highest BCUT2D eigenvalue weighted by Gasteiger charge is 2.29. The first-order valence-electron chi connectivity index (χ1n) is 5.94. The molecule has 18 heavy (non-hydrogen) atoms. The number of nitrogens with one attached hydrogen (secondary N) is 1. The van der Waals surface area contributed by atoms with Crippen molar-refractivity contribution >= 4 is 5.97 Å². The van der Waals surface area contributed by atoms with Gasteiger partial charge in [0.1, 0.15) is 12.4 Å². The number of carbonyl (C=O) groups excluding carboxylic acids is 1. The highest BCUT2D eigenvalue weighted by Crippen LogP contribution is 2.20. The standard InChI is InChI=1S/C14H21NO3/c1-14(2,13(16)17-4)10-18-12-7-5-11(6-8-12)9-15-3/h5-8,15H,9-10H2,1-4H3. The van der Waals surface area contributed by atoms with E-state index >= 15 is 0 Å². The molecule has 0 unspecified atom stereocenters. The van der Waals surface area contributed by atoms with E-state index in [9.17, 15) is 4.79 Å². The highest BCUT2D eigenvalue weighted by molar-refractivity contribution is 5.75. The molecule has 1 aromatic rings. The lowest BCUT2D eigenvalue weighted by Crippen LogP contribution is -2.32. The molecule has 1 aromatic carbocycles. The zero-order valence-electron chi connectivity index (χ0n) is 11.4. The lowest BCUT2D eigenvalue weighted by Gasteiger charge is -2.21. The van der Waals surface area contributed by atoms with Crippen molar-refractivity contribution in [1.82, 2.24) is 5.32 Å². The molecule has 0 spiro atoms. The smallest absolute Gasteiger partial charge is 0.314 e. The van der Waals surface area contributed by atoms with Gasteiger partial charge in [-0.1, -0.05) is 12.1 Å². The second-order valence-electron chi connectivity index (χ2n) is 4.84. The Morgan fingerprint density at radius 3 is 2.39 bits per heavy atom. The summed E-state index contributed by atoms with van der Waals surface area (Å²) >= 11 is 0. The fourth-order valence-corrected chi connectivity index (χ4v) is 1.51. The lowest BCUT2D eigenvalue weighted by atomic mass is 9.95. The van der Waals surface area contributed by atoms with Gasteiger partial charge in [-0.2, -0.15) is 0 Å². The van der Waals surface area contributed by atoms with Crippen molar-refractivity contribution in [2.45, 2.75) is 20.4 Å². The van der Waals surface area contributed by atoms with E-state index in [1.807, 2.05) is 31.3 Å². The molecule has 0 bridgehead atoms. The summed E-state index contributed by atoms with van der Waals surface area (Å²) in [7, 11) is 3.29. The van der Waals surface area contributed by atoms with Gasteiger partial charge in [-0.25, -0.2) is 0 Å². The van der Waals surface area contributed by atoms with Gasteiger partial charge in [0.25, 0.3) is 0 Å². The van der Waals surface area contributed by atoms with Crippen LogP contribution < -0.4 is 10.1 Å². The molecule has 0 aliphatic heterocycles. The third kappa shape index (κ3) is 4.04. The number of hydrogen-bond donors (Lipinski definition) is 1. The Kier molecular flexibility index (Phi) is 5.16. The Balaban J connectivity index is 2.55. The quantitative estimate of drug-likeness (QED) is 0.785. The molecule has 100 valence electrons. The van der Waals surface area contributed by atoms with Gasteiger partial charge in [0.05, 0.1) is 12.5 Å². The van der Waals surface area contributed by atoms with Gasteiger partial charge in [-0.15, -0.1) is 0 Å². The summed E-state index contributed by atoms with van der Waals surface area (Å²) in [5, 5.41) is 3.08. The maximum Gasteiger partial charge on any atom is 0.314 e. The maximum atomic E-state index is 11.5. The Hall–Kier alpha value is -1.55. The molecule has 0 saturated heterocycles. The number of carbonyl (C=O) groups is 1. The van der Waals surface area contributed by atoms with Crippen LogP contribution >= 0.6 is 0 Å². The molecule has 0 heterocycles. The largest absolute Gasteiger partial charge is 0.492 e. The predicted molar refractivity (Wildman–Crippen MR) is 70.5 cm³/mol. The molecule has 0 aliphatic rings. The van der Waals surface area contributed by atoms with Crippen LogP contribution in [-0.4, -0.2) is 26.7 Å². The van der Waals surface area contributed by atoms with Gasteiger partial charge < -0.3 is 14.8 Å². The summed E-state index contributed by atoms with van der Waals surface area (Å²) in [6.45, 7) is 4.72. The fraction of sp³-hybridized carbons (Fsp3) is 0.500. The van der Waals surface area contributed by atoms with E-state index in [4.69, 9.17) is 9.47 Å². The summed E-state index contributed by atoms with van der Waals surface area (Å²) in [6.07, 6.45) is 0. The third-order valence-electron chi connectivity index (χ3n) is 2.64. The number of hydrogen-bond acceptors (Lipinski definition) is 4. The van der Waals surface area contributed by atoms with Crippen LogP contribution in [0.15, 0.2) is 24.3 Å². The van der Waals surface area contributed by atoms with Crippen LogP contribution in [0.3, 0.4) is 0 Å². The SMILES string of the molecule is CNCc1ccc(OCC(C)(C)C(=O)OC)cc1. The lowest BCUT2D eigenvalue weighted by molar-refractivity contribution is -0.152. The first-order chi connectivity index (χ1) is 8.49. The first-order valence-corrected chi connectivity index (χ1v) is 5.94. The van der Waals surface area contributed by atoms with E-state index in [-0.39, 0.29) is 5.97 Å². The molecule has 0 saturated carbocycles. The van der Waals surface area contributed by atoms with Crippen LogP contribution in [0, 0.1) is 5.41 Å². The summed E-state index contributed by atoms with van der Waals surface area (Å²) in [5.41, 5.74) is 0.551. The number of esters is 1. The average molecular weight is 251 g/mol. The molecule has 4 nitrogen and oxygen atoms in total. The zero-order chi connectivity index (χ0) is 13.6. The van der Waals surface area contributed by atoms with Gasteiger partial charge in [0.15, 0.2) is 0 Å². The van der Waals surface area contributed by atoms with E-state index in [0.29, 0.717) is 6.61 Å². The van der Waals surface area contributed by atoms with Gasteiger partial charge in [0, 0.05) is 6.54 Å². The summed E-state index contributed by atoms with van der Waals surface area (Å²) in [5.74, 6) is 0.487. The van der Waals surface area contributed by atoms with Crippen molar-refractivity contribution in [3.8, 4) is 5.75 Å². The maximum absolute atomic E-state index is 11.5. The minimum Gasteiger partial charge on any atom is -0.492 e. The topological polar surface area (TPSA) is 47.6 Å². The van der Waals surface area contributed by atoms with Crippen LogP contribution in [0.1, 0.15) is 19.4 Å². The number of benzene rings is 1. The van der Waals surface area contributed by atoms with Crippen LogP contribution in [0.2, 0.25) is 0 Å². The van der Waals surface area contributed by atoms with Crippen LogP contribution in [0.25, 0.3) is 0 Å². The van der Waals surface area contributed by atoms with Gasteiger partial charge in [-0.3, -0.25) is 4.79 Å². The number of methoxy groups -OCH3 is 1. The number of rotatable bonds is 6. The minimum absolute atomic E-state index is 0.269. The molecule has 0 atom stereocenters. The van der Waals surface area contributed by atoms with Crippen LogP contribution in [-0.2, 0) is 16.1 Å². The molecule has 1 rings (SSSR count).